The second-order valence-electron chi connectivity index (χ2n) is 6.64. The summed E-state index contributed by atoms with van der Waals surface area (Å²) in [6.07, 6.45) is 11.7. The number of nitrogens with one attached hydrogen (secondary N) is 1. The predicted octanol–water partition coefficient (Wildman–Crippen LogP) is 2.82. The number of halogens is 1. The average Bonchev–Trinajstić information content (AvgIpc) is 2.46. The summed E-state index contributed by atoms with van der Waals surface area (Å²) < 4.78 is 27.6. The van der Waals surface area contributed by atoms with E-state index in [0.29, 0.717) is 24.1 Å². The Balaban J connectivity index is 0.00000220. The summed E-state index contributed by atoms with van der Waals surface area (Å²) in [5.41, 5.74) is 5.82. The van der Waals surface area contributed by atoms with E-state index < -0.39 is 10.0 Å². The van der Waals surface area contributed by atoms with Crippen LogP contribution in [0.3, 0.4) is 0 Å². The van der Waals surface area contributed by atoms with Crippen molar-refractivity contribution < 1.29 is 8.42 Å². The lowest BCUT2D eigenvalue weighted by molar-refractivity contribution is 0.293. The molecule has 4 nitrogen and oxygen atoms in total. The average molecular weight is 339 g/mol. The minimum atomic E-state index is -3.17. The maximum atomic E-state index is 12.3. The molecule has 0 aromatic heterocycles. The van der Waals surface area contributed by atoms with Crippen LogP contribution in [0.25, 0.3) is 0 Å². The first-order valence-corrected chi connectivity index (χ1v) is 9.96. The zero-order valence-corrected chi connectivity index (χ0v) is 14.6. The van der Waals surface area contributed by atoms with Crippen molar-refractivity contribution in [2.45, 2.75) is 70.3 Å². The van der Waals surface area contributed by atoms with Crippen molar-refractivity contribution in [1.82, 2.24) is 4.72 Å². The number of hydrogen-bond donors (Lipinski definition) is 2. The second-order valence-corrected chi connectivity index (χ2v) is 8.44. The van der Waals surface area contributed by atoms with Crippen molar-refractivity contribution in [3.05, 3.63) is 0 Å². The van der Waals surface area contributed by atoms with Gasteiger partial charge in [0.25, 0.3) is 0 Å². The molecule has 1 unspecified atom stereocenters. The van der Waals surface area contributed by atoms with Gasteiger partial charge < -0.3 is 5.73 Å². The van der Waals surface area contributed by atoms with Crippen molar-refractivity contribution in [3.8, 4) is 0 Å². The molecule has 2 aliphatic carbocycles. The molecular weight excluding hydrogens is 308 g/mol. The van der Waals surface area contributed by atoms with Crippen molar-refractivity contribution in [2.24, 2.45) is 17.6 Å². The Morgan fingerprint density at radius 2 is 1.48 bits per heavy atom. The highest BCUT2D eigenvalue weighted by Crippen LogP contribution is 2.28. The number of rotatable bonds is 6. The zero-order chi connectivity index (χ0) is 14.4. The maximum absolute atomic E-state index is 12.3. The third-order valence-corrected chi connectivity index (χ3v) is 6.56. The molecular formula is C15H31ClN2O2S. The van der Waals surface area contributed by atoms with Crippen LogP contribution < -0.4 is 10.5 Å². The molecule has 0 aromatic carbocycles. The lowest BCUT2D eigenvalue weighted by atomic mass is 9.84. The molecule has 3 N–H and O–H groups in total. The molecule has 0 heterocycles. The summed E-state index contributed by atoms with van der Waals surface area (Å²) in [6, 6.07) is -0.0520. The fourth-order valence-electron chi connectivity index (χ4n) is 3.82. The summed E-state index contributed by atoms with van der Waals surface area (Å²) >= 11 is 0. The maximum Gasteiger partial charge on any atom is 0.212 e. The van der Waals surface area contributed by atoms with E-state index in [4.69, 9.17) is 5.73 Å². The van der Waals surface area contributed by atoms with Gasteiger partial charge in [0, 0.05) is 12.6 Å². The highest BCUT2D eigenvalue weighted by Gasteiger charge is 2.28. The quantitative estimate of drug-likeness (QED) is 0.782. The van der Waals surface area contributed by atoms with E-state index in [-0.39, 0.29) is 18.4 Å². The molecule has 0 amide bonds. The van der Waals surface area contributed by atoms with E-state index in [1.54, 1.807) is 0 Å². The van der Waals surface area contributed by atoms with Gasteiger partial charge in [-0.15, -0.1) is 12.4 Å². The Morgan fingerprint density at radius 1 is 0.952 bits per heavy atom. The van der Waals surface area contributed by atoms with Crippen LogP contribution in [-0.4, -0.2) is 26.8 Å². The molecule has 6 heteroatoms. The first-order chi connectivity index (χ1) is 9.61. The Bertz CT molecular complexity index is 377. The van der Waals surface area contributed by atoms with Crippen LogP contribution in [0.2, 0.25) is 0 Å². The molecule has 2 saturated carbocycles. The number of hydrogen-bond acceptors (Lipinski definition) is 3. The van der Waals surface area contributed by atoms with Crippen LogP contribution in [-0.2, 0) is 10.0 Å². The normalized spacial score (nSPS) is 23.5. The molecule has 0 saturated heterocycles. The first-order valence-electron chi connectivity index (χ1n) is 8.31. The van der Waals surface area contributed by atoms with Gasteiger partial charge in [-0.25, -0.2) is 13.1 Å². The van der Waals surface area contributed by atoms with Gasteiger partial charge in [0.05, 0.1) is 5.75 Å². The van der Waals surface area contributed by atoms with Crippen molar-refractivity contribution in [2.75, 3.05) is 12.3 Å². The minimum absolute atomic E-state index is 0. The summed E-state index contributed by atoms with van der Waals surface area (Å²) in [5, 5.41) is 0. The Labute approximate surface area is 136 Å². The highest BCUT2D eigenvalue weighted by molar-refractivity contribution is 7.89. The molecule has 126 valence electrons. The third-order valence-electron chi connectivity index (χ3n) is 4.98. The monoisotopic (exact) mass is 338 g/mol. The van der Waals surface area contributed by atoms with E-state index in [2.05, 4.69) is 4.72 Å². The smallest absolute Gasteiger partial charge is 0.212 e. The second kappa shape index (κ2) is 9.33. The van der Waals surface area contributed by atoms with Crippen LogP contribution in [0.4, 0.5) is 0 Å². The lowest BCUT2D eigenvalue weighted by Crippen LogP contribution is -2.47. The van der Waals surface area contributed by atoms with Crippen LogP contribution >= 0.6 is 12.4 Å². The number of nitrogens with two attached hydrogens (primary N) is 1. The van der Waals surface area contributed by atoms with Crippen molar-refractivity contribution in [1.29, 1.82) is 0 Å². The Hall–Kier alpha value is 0.160. The summed E-state index contributed by atoms with van der Waals surface area (Å²) in [4.78, 5) is 0. The molecule has 0 aliphatic heterocycles. The predicted molar refractivity (Wildman–Crippen MR) is 90.2 cm³/mol. The summed E-state index contributed by atoms with van der Waals surface area (Å²) in [6.45, 7) is 0.425. The number of sulfonamides is 1. The van der Waals surface area contributed by atoms with E-state index in [0.717, 1.165) is 25.7 Å². The van der Waals surface area contributed by atoms with E-state index in [1.165, 1.54) is 38.5 Å². The fraction of sp³-hybridized carbons (Fsp3) is 1.00. The van der Waals surface area contributed by atoms with Gasteiger partial charge in [0.1, 0.15) is 0 Å². The highest BCUT2D eigenvalue weighted by atomic mass is 35.5. The summed E-state index contributed by atoms with van der Waals surface area (Å²) in [7, 11) is -3.17. The minimum Gasteiger partial charge on any atom is -0.329 e. The van der Waals surface area contributed by atoms with Crippen LogP contribution in [0.5, 0.6) is 0 Å². The van der Waals surface area contributed by atoms with Crippen LogP contribution in [0.15, 0.2) is 0 Å². The van der Waals surface area contributed by atoms with Gasteiger partial charge in [0.2, 0.25) is 10.0 Å². The van der Waals surface area contributed by atoms with Gasteiger partial charge in [-0.05, 0) is 37.5 Å². The molecule has 0 radical (unpaired) electrons. The largest absolute Gasteiger partial charge is 0.329 e. The van der Waals surface area contributed by atoms with Gasteiger partial charge in [-0.1, -0.05) is 38.5 Å². The van der Waals surface area contributed by atoms with Gasteiger partial charge in [0.15, 0.2) is 0 Å². The molecule has 2 fully saturated rings. The topological polar surface area (TPSA) is 72.2 Å². The Kier molecular flexibility index (Phi) is 8.54. The standard InChI is InChI=1S/C15H30N2O2S.ClH/c16-11-15(14-9-5-2-6-10-14)17-20(18,19)12-13-7-3-1-4-8-13;/h13-15,17H,1-12,16H2;1H. The van der Waals surface area contributed by atoms with Crippen molar-refractivity contribution >= 4 is 22.4 Å². The molecule has 2 rings (SSSR count). The lowest BCUT2D eigenvalue weighted by Gasteiger charge is -2.30. The molecule has 0 bridgehead atoms. The summed E-state index contributed by atoms with van der Waals surface area (Å²) in [5.74, 6) is 1.09. The molecule has 0 aromatic rings. The van der Waals surface area contributed by atoms with Crippen LogP contribution in [0, 0.1) is 11.8 Å². The van der Waals surface area contributed by atoms with E-state index >= 15 is 0 Å². The molecule has 2 aliphatic rings. The third kappa shape index (κ3) is 6.43. The van der Waals surface area contributed by atoms with Crippen LogP contribution in [0.1, 0.15) is 64.2 Å². The van der Waals surface area contributed by atoms with Gasteiger partial charge in [-0.3, -0.25) is 0 Å². The van der Waals surface area contributed by atoms with Gasteiger partial charge in [-0.2, -0.15) is 0 Å². The molecule has 21 heavy (non-hydrogen) atoms. The van der Waals surface area contributed by atoms with Crippen molar-refractivity contribution in [3.63, 3.8) is 0 Å². The molecule has 0 spiro atoms. The van der Waals surface area contributed by atoms with Gasteiger partial charge >= 0.3 is 0 Å². The zero-order valence-electron chi connectivity index (χ0n) is 12.9. The Morgan fingerprint density at radius 3 is 2.00 bits per heavy atom. The van der Waals surface area contributed by atoms with E-state index in [1.807, 2.05) is 0 Å². The fourth-order valence-corrected chi connectivity index (χ4v) is 5.62. The SMILES string of the molecule is Cl.NCC(NS(=O)(=O)CC1CCCCC1)C1CCCCC1. The van der Waals surface area contributed by atoms with E-state index in [9.17, 15) is 8.42 Å². The molecule has 1 atom stereocenters. The first kappa shape index (κ1) is 19.2.